The van der Waals surface area contributed by atoms with E-state index in [1.54, 1.807) is 13.8 Å². The van der Waals surface area contributed by atoms with Crippen LogP contribution in [-0.4, -0.2) is 53.4 Å². The molecule has 1 heterocycles. The molecule has 4 aliphatic carbocycles. The Bertz CT molecular complexity index is 731. The second-order valence-electron chi connectivity index (χ2n) is 10.2. The van der Waals surface area contributed by atoms with Crippen LogP contribution in [0.3, 0.4) is 0 Å². The number of urea groups is 1. The summed E-state index contributed by atoms with van der Waals surface area (Å²) in [7, 11) is 0. The fourth-order valence-electron chi connectivity index (χ4n) is 6.60. The van der Waals surface area contributed by atoms with Crippen LogP contribution < -0.4 is 10.6 Å². The third-order valence-corrected chi connectivity index (χ3v) is 8.09. The Labute approximate surface area is 177 Å². The van der Waals surface area contributed by atoms with Crippen molar-refractivity contribution in [2.45, 2.75) is 77.3 Å². The van der Waals surface area contributed by atoms with Crippen molar-refractivity contribution in [1.82, 2.24) is 15.5 Å². The highest BCUT2D eigenvalue weighted by atomic mass is 16.5. The molecule has 0 aromatic carbocycles. The molecule has 2 N–H and O–H groups in total. The minimum absolute atomic E-state index is 0.0494. The number of imide groups is 1. The van der Waals surface area contributed by atoms with Gasteiger partial charge in [0, 0.05) is 6.04 Å². The number of hydrogen-bond acceptors (Lipinski definition) is 5. The average Bonchev–Trinajstić information content (AvgIpc) is 2.89. The van der Waals surface area contributed by atoms with Gasteiger partial charge in [-0.3, -0.25) is 19.3 Å². The third-order valence-electron chi connectivity index (χ3n) is 8.09. The lowest BCUT2D eigenvalue weighted by Crippen LogP contribution is -2.56. The van der Waals surface area contributed by atoms with Crippen molar-refractivity contribution in [1.29, 1.82) is 0 Å². The highest BCUT2D eigenvalue weighted by Gasteiger charge is 2.53. The summed E-state index contributed by atoms with van der Waals surface area (Å²) in [6, 6.07) is -0.561. The van der Waals surface area contributed by atoms with E-state index in [0.717, 1.165) is 22.7 Å². The topological polar surface area (TPSA) is 105 Å². The lowest BCUT2D eigenvalue weighted by molar-refractivity contribution is -0.151. The number of amides is 4. The van der Waals surface area contributed by atoms with Crippen molar-refractivity contribution in [3.8, 4) is 0 Å². The molecular weight excluding hydrogens is 386 g/mol. The van der Waals surface area contributed by atoms with Crippen LogP contribution in [0.1, 0.15) is 65.7 Å². The average molecular weight is 420 g/mol. The van der Waals surface area contributed by atoms with Gasteiger partial charge in [-0.15, -0.1) is 0 Å². The lowest BCUT2D eigenvalue weighted by Gasteiger charge is -2.59. The molecule has 5 aliphatic rings. The predicted octanol–water partition coefficient (Wildman–Crippen LogP) is 1.97. The number of ether oxygens (including phenoxy) is 1. The van der Waals surface area contributed by atoms with E-state index in [-0.39, 0.29) is 17.4 Å². The van der Waals surface area contributed by atoms with Crippen LogP contribution in [0.2, 0.25) is 0 Å². The van der Waals surface area contributed by atoms with Gasteiger partial charge in [0.15, 0.2) is 6.61 Å². The quantitative estimate of drug-likeness (QED) is 0.485. The maximum atomic E-state index is 12.4. The minimum Gasteiger partial charge on any atom is -0.454 e. The highest BCUT2D eigenvalue weighted by molar-refractivity contribution is 6.08. The van der Waals surface area contributed by atoms with Gasteiger partial charge < -0.3 is 15.4 Å². The summed E-state index contributed by atoms with van der Waals surface area (Å²) in [6.07, 6.45) is 8.01. The van der Waals surface area contributed by atoms with Crippen LogP contribution in [0, 0.1) is 23.2 Å². The molecule has 0 aromatic rings. The number of nitrogens with zero attached hydrogens (tertiary/aromatic N) is 1. The molecule has 1 saturated heterocycles. The Morgan fingerprint density at radius 3 is 2.23 bits per heavy atom. The monoisotopic (exact) mass is 419 g/mol. The van der Waals surface area contributed by atoms with Gasteiger partial charge in [0.05, 0.1) is 0 Å². The van der Waals surface area contributed by atoms with Crippen molar-refractivity contribution < 1.29 is 23.9 Å². The smallest absolute Gasteiger partial charge is 0.326 e. The van der Waals surface area contributed by atoms with Gasteiger partial charge in [0.25, 0.3) is 11.8 Å². The van der Waals surface area contributed by atoms with Crippen molar-refractivity contribution >= 4 is 23.8 Å². The first kappa shape index (κ1) is 21.1. The SMILES string of the molecule is CC[C@]1(C)NC(=O)N(CC(=O)OCC(=O)N[C@@H](C)C23CC4CC(CC(C4)C2)C3)C1=O. The molecule has 4 bridgehead atoms. The summed E-state index contributed by atoms with van der Waals surface area (Å²) in [5, 5.41) is 5.64. The van der Waals surface area contributed by atoms with E-state index in [1.165, 1.54) is 38.5 Å². The van der Waals surface area contributed by atoms with Crippen LogP contribution >= 0.6 is 0 Å². The zero-order chi connectivity index (χ0) is 21.7. The Hall–Kier alpha value is -2.12. The van der Waals surface area contributed by atoms with E-state index in [9.17, 15) is 19.2 Å². The Morgan fingerprint density at radius 1 is 1.17 bits per heavy atom. The van der Waals surface area contributed by atoms with E-state index < -0.39 is 36.6 Å². The maximum Gasteiger partial charge on any atom is 0.326 e. The van der Waals surface area contributed by atoms with Crippen molar-refractivity contribution in [2.24, 2.45) is 23.2 Å². The van der Waals surface area contributed by atoms with Gasteiger partial charge in [-0.2, -0.15) is 0 Å². The summed E-state index contributed by atoms with van der Waals surface area (Å²) in [5.74, 6) is 0.842. The van der Waals surface area contributed by atoms with Gasteiger partial charge >= 0.3 is 12.0 Å². The molecule has 4 saturated carbocycles. The van der Waals surface area contributed by atoms with Crippen molar-refractivity contribution in [3.63, 3.8) is 0 Å². The summed E-state index contributed by atoms with van der Waals surface area (Å²) >= 11 is 0. The number of nitrogens with one attached hydrogen (secondary N) is 2. The van der Waals surface area contributed by atoms with Crippen LogP contribution in [0.15, 0.2) is 0 Å². The molecule has 0 spiro atoms. The molecule has 4 amide bonds. The molecule has 1 aliphatic heterocycles. The standard InChI is InChI=1S/C22H33N3O5/c1-4-21(3)19(28)25(20(29)24-21)11-18(27)30-12-17(26)23-13(2)22-8-14-5-15(9-22)7-16(6-14)10-22/h13-16H,4-12H2,1-3H3,(H,23,26)(H,24,29)/t13-,14?,15?,16?,21-,22?/m0/s1. The van der Waals surface area contributed by atoms with E-state index in [0.29, 0.717) is 6.42 Å². The Morgan fingerprint density at radius 2 is 1.73 bits per heavy atom. The molecule has 2 atom stereocenters. The molecule has 8 nitrogen and oxygen atoms in total. The zero-order valence-corrected chi connectivity index (χ0v) is 18.2. The lowest BCUT2D eigenvalue weighted by atomic mass is 9.48. The Kier molecular flexibility index (Phi) is 5.31. The van der Waals surface area contributed by atoms with E-state index >= 15 is 0 Å². The number of rotatable bonds is 7. The predicted molar refractivity (Wildman–Crippen MR) is 108 cm³/mol. The maximum absolute atomic E-state index is 12.4. The minimum atomic E-state index is -0.998. The molecule has 5 fully saturated rings. The molecule has 8 heteroatoms. The molecule has 0 radical (unpaired) electrons. The Balaban J connectivity index is 1.26. The number of hydrogen-bond donors (Lipinski definition) is 2. The normalized spacial score (nSPS) is 37.8. The third kappa shape index (κ3) is 3.69. The van der Waals surface area contributed by atoms with Gasteiger partial charge in [-0.1, -0.05) is 6.92 Å². The molecule has 166 valence electrons. The number of esters is 1. The number of carbonyl (C=O) groups excluding carboxylic acids is 4. The fraction of sp³-hybridized carbons (Fsp3) is 0.818. The second kappa shape index (κ2) is 7.54. The van der Waals surface area contributed by atoms with Gasteiger partial charge in [-0.25, -0.2) is 4.79 Å². The van der Waals surface area contributed by atoms with Crippen LogP contribution in [0.25, 0.3) is 0 Å². The molecule has 5 rings (SSSR count). The van der Waals surface area contributed by atoms with Crippen molar-refractivity contribution in [2.75, 3.05) is 13.2 Å². The van der Waals surface area contributed by atoms with Crippen LogP contribution in [0.4, 0.5) is 4.79 Å². The van der Waals surface area contributed by atoms with Crippen LogP contribution in [0.5, 0.6) is 0 Å². The first-order valence-electron chi connectivity index (χ1n) is 11.2. The first-order valence-corrected chi connectivity index (χ1v) is 11.2. The molecule has 0 aromatic heterocycles. The molecular formula is C22H33N3O5. The van der Waals surface area contributed by atoms with Crippen LogP contribution in [-0.2, 0) is 19.1 Å². The largest absolute Gasteiger partial charge is 0.454 e. The molecule has 0 unspecified atom stereocenters. The van der Waals surface area contributed by atoms with Gasteiger partial charge in [-0.05, 0) is 82.0 Å². The van der Waals surface area contributed by atoms with E-state index in [2.05, 4.69) is 17.6 Å². The van der Waals surface area contributed by atoms with Crippen molar-refractivity contribution in [3.05, 3.63) is 0 Å². The summed E-state index contributed by atoms with van der Waals surface area (Å²) < 4.78 is 5.06. The molecule has 30 heavy (non-hydrogen) atoms. The summed E-state index contributed by atoms with van der Waals surface area (Å²) in [5.41, 5.74) is -0.818. The summed E-state index contributed by atoms with van der Waals surface area (Å²) in [6.45, 7) is 4.60. The zero-order valence-electron chi connectivity index (χ0n) is 18.2. The first-order chi connectivity index (χ1) is 14.1. The number of carbonyl (C=O) groups is 4. The second-order valence-corrected chi connectivity index (χ2v) is 10.2. The van der Waals surface area contributed by atoms with E-state index in [1.807, 2.05) is 0 Å². The summed E-state index contributed by atoms with van der Waals surface area (Å²) in [4.78, 5) is 49.7. The van der Waals surface area contributed by atoms with Gasteiger partial charge in [0.1, 0.15) is 12.1 Å². The fourth-order valence-corrected chi connectivity index (χ4v) is 6.60. The highest BCUT2D eigenvalue weighted by Crippen LogP contribution is 2.61. The van der Waals surface area contributed by atoms with E-state index in [4.69, 9.17) is 4.74 Å². The van der Waals surface area contributed by atoms with Gasteiger partial charge in [0.2, 0.25) is 0 Å².